The molecule has 156 valence electrons. The number of aliphatic hydroxyl groups is 3. The van der Waals surface area contributed by atoms with Crippen molar-refractivity contribution in [1.29, 1.82) is 0 Å². The van der Waals surface area contributed by atoms with E-state index in [1.54, 1.807) is 0 Å². The highest BCUT2D eigenvalue weighted by Gasteiger charge is 2.78. The molecule has 4 rings (SSSR count). The van der Waals surface area contributed by atoms with E-state index in [9.17, 15) is 24.9 Å². The molecule has 0 saturated heterocycles. The van der Waals surface area contributed by atoms with E-state index in [-0.39, 0.29) is 22.7 Å². The zero-order valence-electron chi connectivity index (χ0n) is 17.1. The molecule has 0 aromatic heterocycles. The van der Waals surface area contributed by atoms with Crippen molar-refractivity contribution in [2.75, 3.05) is 0 Å². The van der Waals surface area contributed by atoms with Crippen molar-refractivity contribution in [2.24, 2.45) is 34.0 Å². The third-order valence-corrected chi connectivity index (χ3v) is 8.77. The average Bonchev–Trinajstić information content (AvgIpc) is 2.72. The zero-order chi connectivity index (χ0) is 20.8. The molecule has 9 atom stereocenters. The first-order valence-electron chi connectivity index (χ1n) is 10.4. The van der Waals surface area contributed by atoms with Crippen LogP contribution in [0.15, 0.2) is 12.2 Å². The molecular formula is C22H32O6. The Hall–Kier alpha value is -1.24. The Morgan fingerprint density at radius 3 is 2.39 bits per heavy atom. The van der Waals surface area contributed by atoms with Gasteiger partial charge in [0, 0.05) is 18.8 Å². The molecule has 4 aliphatic rings. The fourth-order valence-electron chi connectivity index (χ4n) is 7.82. The minimum atomic E-state index is -1.44. The van der Waals surface area contributed by atoms with Crippen LogP contribution in [-0.2, 0) is 14.3 Å². The van der Waals surface area contributed by atoms with Crippen LogP contribution in [-0.4, -0.2) is 51.5 Å². The molecule has 0 amide bonds. The minimum Gasteiger partial charge on any atom is -0.461 e. The molecule has 0 heterocycles. The normalized spacial score (nSPS) is 52.0. The van der Waals surface area contributed by atoms with Gasteiger partial charge >= 0.3 is 5.97 Å². The van der Waals surface area contributed by atoms with Crippen molar-refractivity contribution in [3.8, 4) is 0 Å². The number of ether oxygens (including phenoxy) is 1. The topological polar surface area (TPSA) is 104 Å². The van der Waals surface area contributed by atoms with Gasteiger partial charge in [-0.1, -0.05) is 33.8 Å². The number of ketones is 1. The zero-order valence-corrected chi connectivity index (χ0v) is 17.1. The third-order valence-electron chi connectivity index (χ3n) is 8.77. The van der Waals surface area contributed by atoms with Crippen molar-refractivity contribution >= 4 is 11.8 Å². The number of carbonyl (C=O) groups is 2. The second-order valence-electron chi connectivity index (χ2n) is 10.5. The molecule has 0 aromatic carbocycles. The van der Waals surface area contributed by atoms with Crippen LogP contribution in [0.2, 0.25) is 0 Å². The number of hydrogen-bond acceptors (Lipinski definition) is 6. The summed E-state index contributed by atoms with van der Waals surface area (Å²) in [6, 6.07) is 0. The van der Waals surface area contributed by atoms with Crippen molar-refractivity contribution in [3.63, 3.8) is 0 Å². The molecule has 4 fully saturated rings. The van der Waals surface area contributed by atoms with E-state index in [0.717, 1.165) is 19.3 Å². The van der Waals surface area contributed by atoms with Crippen LogP contribution in [0.1, 0.15) is 53.4 Å². The summed E-state index contributed by atoms with van der Waals surface area (Å²) >= 11 is 0. The van der Waals surface area contributed by atoms with Gasteiger partial charge in [-0.05, 0) is 41.6 Å². The maximum Gasteiger partial charge on any atom is 0.302 e. The summed E-state index contributed by atoms with van der Waals surface area (Å²) in [6.07, 6.45) is -1.29. The van der Waals surface area contributed by atoms with Crippen molar-refractivity contribution in [3.05, 3.63) is 12.2 Å². The fraction of sp³-hybridized carbons (Fsp3) is 0.818. The van der Waals surface area contributed by atoms with Gasteiger partial charge < -0.3 is 20.1 Å². The second-order valence-corrected chi connectivity index (χ2v) is 10.5. The number of Topliss-reactive ketones (excluding diaryl/α,β-unsaturated/α-hetero) is 1. The van der Waals surface area contributed by atoms with Crippen molar-refractivity contribution < 1.29 is 29.6 Å². The number of fused-ring (bicyclic) bond motifs is 3. The summed E-state index contributed by atoms with van der Waals surface area (Å²) < 4.78 is 5.69. The van der Waals surface area contributed by atoms with Crippen LogP contribution >= 0.6 is 0 Å². The van der Waals surface area contributed by atoms with E-state index >= 15 is 0 Å². The second kappa shape index (κ2) is 5.89. The highest BCUT2D eigenvalue weighted by molar-refractivity contribution is 6.05. The predicted octanol–water partition coefficient (Wildman–Crippen LogP) is 1.61. The number of carbonyl (C=O) groups excluding carboxylic acids is 2. The molecule has 2 bridgehead atoms. The molecule has 6 nitrogen and oxygen atoms in total. The molecule has 6 heteroatoms. The van der Waals surface area contributed by atoms with Gasteiger partial charge in [0.2, 0.25) is 0 Å². The van der Waals surface area contributed by atoms with Crippen molar-refractivity contribution in [1.82, 2.24) is 0 Å². The largest absolute Gasteiger partial charge is 0.461 e. The Morgan fingerprint density at radius 2 is 1.79 bits per heavy atom. The molecule has 1 spiro atoms. The molecular weight excluding hydrogens is 360 g/mol. The summed E-state index contributed by atoms with van der Waals surface area (Å²) in [5, 5.41) is 33.4. The van der Waals surface area contributed by atoms with Gasteiger partial charge in [0.1, 0.15) is 11.5 Å². The van der Waals surface area contributed by atoms with E-state index in [4.69, 9.17) is 4.74 Å². The summed E-state index contributed by atoms with van der Waals surface area (Å²) in [4.78, 5) is 25.5. The average molecular weight is 392 g/mol. The van der Waals surface area contributed by atoms with E-state index < -0.39 is 53.1 Å². The Kier molecular flexibility index (Phi) is 4.22. The van der Waals surface area contributed by atoms with Gasteiger partial charge in [-0.2, -0.15) is 0 Å². The molecule has 0 aliphatic heterocycles. The smallest absolute Gasteiger partial charge is 0.302 e. The van der Waals surface area contributed by atoms with E-state index in [1.807, 2.05) is 0 Å². The lowest BCUT2D eigenvalue weighted by Crippen LogP contribution is -2.72. The Balaban J connectivity index is 1.97. The summed E-state index contributed by atoms with van der Waals surface area (Å²) in [6.45, 7) is 11.6. The van der Waals surface area contributed by atoms with Gasteiger partial charge in [-0.15, -0.1) is 0 Å². The third kappa shape index (κ3) is 2.14. The first kappa shape index (κ1) is 20.0. The number of rotatable bonds is 1. The summed E-state index contributed by atoms with van der Waals surface area (Å²) in [7, 11) is 0. The monoisotopic (exact) mass is 392 g/mol. The quantitative estimate of drug-likeness (QED) is 0.463. The highest BCUT2D eigenvalue weighted by Crippen LogP contribution is 2.71. The lowest BCUT2D eigenvalue weighted by Gasteiger charge is -2.66. The van der Waals surface area contributed by atoms with Crippen LogP contribution in [0.25, 0.3) is 0 Å². The van der Waals surface area contributed by atoms with E-state index in [2.05, 4.69) is 27.4 Å². The van der Waals surface area contributed by atoms with Gasteiger partial charge in [0.05, 0.1) is 18.3 Å². The first-order valence-corrected chi connectivity index (χ1v) is 10.4. The number of hydrogen-bond donors (Lipinski definition) is 3. The number of esters is 1. The SMILES string of the molecule is C=C1C(=O)[C@]23[C@H](O)[C@H]1[C@@H](O)[C@H](O)[C@@H]2[C@@]1(C)CCCC(C)(C)[C@@H]1C[C@H]3OC(C)=O. The lowest BCUT2D eigenvalue weighted by atomic mass is 9.39. The van der Waals surface area contributed by atoms with Crippen LogP contribution in [0.5, 0.6) is 0 Å². The lowest BCUT2D eigenvalue weighted by molar-refractivity contribution is -0.273. The Labute approximate surface area is 166 Å². The highest BCUT2D eigenvalue weighted by atomic mass is 16.5. The summed E-state index contributed by atoms with van der Waals surface area (Å²) in [5.41, 5.74) is -1.84. The van der Waals surface area contributed by atoms with Gasteiger partial charge in [0.25, 0.3) is 0 Å². The van der Waals surface area contributed by atoms with Crippen molar-refractivity contribution in [2.45, 2.75) is 77.8 Å². The van der Waals surface area contributed by atoms with Crippen LogP contribution in [0, 0.1) is 34.0 Å². The fourth-order valence-corrected chi connectivity index (χ4v) is 7.82. The number of aliphatic hydroxyl groups excluding tert-OH is 3. The Bertz CT molecular complexity index is 743. The maximum atomic E-state index is 13.5. The molecule has 0 unspecified atom stereocenters. The van der Waals surface area contributed by atoms with Crippen LogP contribution < -0.4 is 0 Å². The van der Waals surface area contributed by atoms with Gasteiger partial charge in [-0.25, -0.2) is 0 Å². The Morgan fingerprint density at radius 1 is 1.14 bits per heavy atom. The molecule has 3 N–H and O–H groups in total. The molecule has 0 radical (unpaired) electrons. The predicted molar refractivity (Wildman–Crippen MR) is 101 cm³/mol. The van der Waals surface area contributed by atoms with Gasteiger partial charge in [0.15, 0.2) is 5.78 Å². The standard InChI is InChI=1S/C22H32O6/c1-10-14-15(24)16(25)17-21(5)8-6-7-20(3,4)12(21)9-13(28-11(2)23)22(17,18(10)26)19(14)27/h12-17,19,24-25,27H,1,6-9H2,2-5H3/t12-,13+,14+,15+,16-,17+,19+,21-,22+/m0/s1. The summed E-state index contributed by atoms with van der Waals surface area (Å²) in [5.74, 6) is -2.41. The van der Waals surface area contributed by atoms with E-state index in [1.165, 1.54) is 6.92 Å². The maximum absolute atomic E-state index is 13.5. The minimum absolute atomic E-state index is 0.0713. The molecule has 0 aromatic rings. The van der Waals surface area contributed by atoms with Gasteiger partial charge in [-0.3, -0.25) is 9.59 Å². The van der Waals surface area contributed by atoms with E-state index in [0.29, 0.717) is 6.42 Å². The van der Waals surface area contributed by atoms with Crippen LogP contribution in [0.4, 0.5) is 0 Å². The molecule has 4 saturated carbocycles. The molecule has 4 aliphatic carbocycles. The first-order chi connectivity index (χ1) is 12.9. The molecule has 28 heavy (non-hydrogen) atoms. The van der Waals surface area contributed by atoms with Crippen LogP contribution in [0.3, 0.4) is 0 Å².